The molecule has 1 saturated carbocycles. The van der Waals surface area contributed by atoms with Crippen molar-refractivity contribution >= 4 is 0 Å². The van der Waals surface area contributed by atoms with Crippen molar-refractivity contribution in [2.75, 3.05) is 42.1 Å². The largest absolute Gasteiger partial charge is 0.493 e. The first-order chi connectivity index (χ1) is 15.1. The van der Waals surface area contributed by atoms with Crippen LogP contribution in [0.1, 0.15) is 36.3 Å². The van der Waals surface area contributed by atoms with Crippen LogP contribution in [0.5, 0.6) is 28.7 Å². The summed E-state index contributed by atoms with van der Waals surface area (Å²) < 4.78 is 27.7. The van der Waals surface area contributed by atoms with Crippen LogP contribution in [-0.4, -0.2) is 53.0 Å². The molecule has 6 nitrogen and oxygen atoms in total. The number of hydrogen-bond donors (Lipinski definition) is 0. The van der Waals surface area contributed by atoms with E-state index in [9.17, 15) is 0 Å². The molecule has 3 unspecified atom stereocenters. The standard InChI is InChI=1S/C25H33NO5/c1-27-21-10-9-16(11-22(21)28-2)14-26-15-19(18-7-6-8-20(18)26)17-12-23(29-3)25(31-5)24(13-17)30-4/h9-13,18-20H,6-8,14-15H2,1-5H3. The van der Waals surface area contributed by atoms with E-state index in [0.29, 0.717) is 23.6 Å². The van der Waals surface area contributed by atoms with Gasteiger partial charge in [0, 0.05) is 25.0 Å². The molecule has 2 aromatic rings. The molecule has 0 radical (unpaired) electrons. The first kappa shape index (κ1) is 21.6. The maximum absolute atomic E-state index is 5.62. The topological polar surface area (TPSA) is 49.4 Å². The van der Waals surface area contributed by atoms with Crippen molar-refractivity contribution in [3.05, 3.63) is 41.5 Å². The zero-order valence-corrected chi connectivity index (χ0v) is 19.1. The van der Waals surface area contributed by atoms with Crippen molar-refractivity contribution in [2.24, 2.45) is 5.92 Å². The predicted molar refractivity (Wildman–Crippen MR) is 120 cm³/mol. The molecule has 168 valence electrons. The zero-order valence-electron chi connectivity index (χ0n) is 19.1. The molecule has 2 fully saturated rings. The summed E-state index contributed by atoms with van der Waals surface area (Å²) in [4.78, 5) is 2.63. The Morgan fingerprint density at radius 2 is 1.45 bits per heavy atom. The number of nitrogens with zero attached hydrogens (tertiary/aromatic N) is 1. The van der Waals surface area contributed by atoms with Gasteiger partial charge in [0.2, 0.25) is 5.75 Å². The number of benzene rings is 2. The molecule has 2 aliphatic rings. The first-order valence-electron chi connectivity index (χ1n) is 10.9. The van der Waals surface area contributed by atoms with Crippen LogP contribution < -0.4 is 23.7 Å². The van der Waals surface area contributed by atoms with Crippen LogP contribution in [0.25, 0.3) is 0 Å². The van der Waals surface area contributed by atoms with Gasteiger partial charge in [-0.3, -0.25) is 4.90 Å². The molecule has 1 aliphatic heterocycles. The fraction of sp³-hybridized carbons (Fsp3) is 0.520. The number of fused-ring (bicyclic) bond motifs is 1. The van der Waals surface area contributed by atoms with Gasteiger partial charge in [-0.1, -0.05) is 12.5 Å². The van der Waals surface area contributed by atoms with Crippen molar-refractivity contribution < 1.29 is 23.7 Å². The average molecular weight is 428 g/mol. The second kappa shape index (κ2) is 9.27. The minimum Gasteiger partial charge on any atom is -0.493 e. The van der Waals surface area contributed by atoms with Gasteiger partial charge in [0.15, 0.2) is 23.0 Å². The summed E-state index contributed by atoms with van der Waals surface area (Å²) in [6.07, 6.45) is 3.78. The number of rotatable bonds is 8. The summed E-state index contributed by atoms with van der Waals surface area (Å²) >= 11 is 0. The Morgan fingerprint density at radius 3 is 2.06 bits per heavy atom. The summed E-state index contributed by atoms with van der Waals surface area (Å²) in [6.45, 7) is 1.92. The Bertz CT molecular complexity index is 890. The first-order valence-corrected chi connectivity index (χ1v) is 10.9. The van der Waals surface area contributed by atoms with E-state index in [4.69, 9.17) is 23.7 Å². The molecule has 0 amide bonds. The van der Waals surface area contributed by atoms with E-state index >= 15 is 0 Å². The van der Waals surface area contributed by atoms with Crippen LogP contribution in [0.2, 0.25) is 0 Å². The van der Waals surface area contributed by atoms with Crippen molar-refractivity contribution in [3.63, 3.8) is 0 Å². The number of hydrogen-bond acceptors (Lipinski definition) is 6. The van der Waals surface area contributed by atoms with Crippen LogP contribution in [-0.2, 0) is 6.54 Å². The van der Waals surface area contributed by atoms with Crippen LogP contribution in [0.3, 0.4) is 0 Å². The maximum atomic E-state index is 5.62. The van der Waals surface area contributed by atoms with Gasteiger partial charge in [0.1, 0.15) is 0 Å². The van der Waals surface area contributed by atoms with Crippen LogP contribution in [0.15, 0.2) is 30.3 Å². The highest BCUT2D eigenvalue weighted by Gasteiger charge is 2.45. The van der Waals surface area contributed by atoms with Crippen molar-refractivity contribution in [1.82, 2.24) is 4.90 Å². The molecule has 2 aromatic carbocycles. The molecule has 0 aromatic heterocycles. The quantitative estimate of drug-likeness (QED) is 0.618. The Balaban J connectivity index is 1.61. The molecule has 6 heteroatoms. The number of likely N-dealkylation sites (tertiary alicyclic amines) is 1. The molecule has 0 N–H and O–H groups in total. The molecule has 3 atom stereocenters. The second-order valence-corrected chi connectivity index (χ2v) is 8.35. The van der Waals surface area contributed by atoms with E-state index in [1.807, 2.05) is 6.07 Å². The Hall–Kier alpha value is -2.60. The van der Waals surface area contributed by atoms with Crippen LogP contribution in [0.4, 0.5) is 0 Å². The highest BCUT2D eigenvalue weighted by molar-refractivity contribution is 5.55. The van der Waals surface area contributed by atoms with Crippen LogP contribution >= 0.6 is 0 Å². The third-order valence-corrected chi connectivity index (χ3v) is 6.90. The average Bonchev–Trinajstić information content (AvgIpc) is 3.41. The Labute approximate surface area is 185 Å². The van der Waals surface area contributed by atoms with Gasteiger partial charge >= 0.3 is 0 Å². The molecule has 31 heavy (non-hydrogen) atoms. The van der Waals surface area contributed by atoms with Crippen molar-refractivity contribution in [3.8, 4) is 28.7 Å². The molecule has 1 saturated heterocycles. The maximum Gasteiger partial charge on any atom is 0.203 e. The summed E-state index contributed by atoms with van der Waals surface area (Å²) in [5, 5.41) is 0. The van der Waals surface area contributed by atoms with Gasteiger partial charge in [0.25, 0.3) is 0 Å². The van der Waals surface area contributed by atoms with Crippen LogP contribution in [0, 0.1) is 5.92 Å². The van der Waals surface area contributed by atoms with E-state index in [2.05, 4.69) is 29.2 Å². The Kier molecular flexibility index (Phi) is 6.46. The van der Waals surface area contributed by atoms with E-state index in [1.165, 1.54) is 30.4 Å². The summed E-state index contributed by atoms with van der Waals surface area (Å²) in [5.41, 5.74) is 2.51. The summed E-state index contributed by atoms with van der Waals surface area (Å²) in [7, 11) is 8.36. The lowest BCUT2D eigenvalue weighted by molar-refractivity contribution is 0.232. The normalized spacial score (nSPS) is 22.8. The fourth-order valence-corrected chi connectivity index (χ4v) is 5.48. The van der Waals surface area contributed by atoms with Gasteiger partial charge in [-0.25, -0.2) is 0 Å². The fourth-order valence-electron chi connectivity index (χ4n) is 5.48. The lowest BCUT2D eigenvalue weighted by atomic mass is 9.86. The van der Waals surface area contributed by atoms with E-state index in [0.717, 1.165) is 36.1 Å². The minimum atomic E-state index is 0.446. The number of methoxy groups -OCH3 is 5. The molecular formula is C25H33NO5. The van der Waals surface area contributed by atoms with Gasteiger partial charge in [-0.2, -0.15) is 0 Å². The predicted octanol–water partition coefficient (Wildman–Crippen LogP) is 4.50. The molecule has 0 bridgehead atoms. The lowest BCUT2D eigenvalue weighted by Crippen LogP contribution is -2.29. The van der Waals surface area contributed by atoms with Gasteiger partial charge in [-0.15, -0.1) is 0 Å². The lowest BCUT2D eigenvalue weighted by Gasteiger charge is -2.23. The third-order valence-electron chi connectivity index (χ3n) is 6.90. The van der Waals surface area contributed by atoms with Crippen molar-refractivity contribution in [2.45, 2.75) is 37.8 Å². The van der Waals surface area contributed by atoms with Gasteiger partial charge in [-0.05, 0) is 54.2 Å². The molecule has 0 spiro atoms. The highest BCUT2D eigenvalue weighted by atomic mass is 16.5. The smallest absolute Gasteiger partial charge is 0.203 e. The highest BCUT2D eigenvalue weighted by Crippen LogP contribution is 2.49. The van der Waals surface area contributed by atoms with Crippen molar-refractivity contribution in [1.29, 1.82) is 0 Å². The van der Waals surface area contributed by atoms with Gasteiger partial charge < -0.3 is 23.7 Å². The Morgan fingerprint density at radius 1 is 0.774 bits per heavy atom. The SMILES string of the molecule is COc1ccc(CN2CC(c3cc(OC)c(OC)c(OC)c3)C3CCCC32)cc1OC. The number of ether oxygens (including phenoxy) is 5. The monoisotopic (exact) mass is 427 g/mol. The molecule has 1 aliphatic carbocycles. The zero-order chi connectivity index (χ0) is 22.0. The van der Waals surface area contributed by atoms with E-state index in [1.54, 1.807) is 35.5 Å². The molecule has 4 rings (SSSR count). The summed E-state index contributed by atoms with van der Waals surface area (Å²) in [6, 6.07) is 11.1. The second-order valence-electron chi connectivity index (χ2n) is 8.35. The van der Waals surface area contributed by atoms with E-state index < -0.39 is 0 Å². The molecule has 1 heterocycles. The van der Waals surface area contributed by atoms with E-state index in [-0.39, 0.29) is 0 Å². The van der Waals surface area contributed by atoms with Gasteiger partial charge in [0.05, 0.1) is 35.5 Å². The minimum absolute atomic E-state index is 0.446. The summed E-state index contributed by atoms with van der Waals surface area (Å²) in [5.74, 6) is 4.74. The molecular weight excluding hydrogens is 394 g/mol. The third kappa shape index (κ3) is 4.01.